The van der Waals surface area contributed by atoms with Crippen LogP contribution in [0.15, 0.2) is 108 Å². The molecule has 0 fully saturated rings. The van der Waals surface area contributed by atoms with Gasteiger partial charge in [0.15, 0.2) is 16.7 Å². The Balaban J connectivity index is 1.40. The van der Waals surface area contributed by atoms with Gasteiger partial charge in [-0.1, -0.05) is 60.7 Å². The molecule has 272 valence electrons. The van der Waals surface area contributed by atoms with Crippen molar-refractivity contribution in [2.75, 3.05) is 16.8 Å². The van der Waals surface area contributed by atoms with Crippen molar-refractivity contribution in [3.05, 3.63) is 125 Å². The largest absolute Gasteiger partial charge is 0.611 e. The molecule has 1 unspecified atom stereocenters. The van der Waals surface area contributed by atoms with Crippen molar-refractivity contribution in [2.45, 2.75) is 55.3 Å². The molecule has 0 saturated carbocycles. The number of amides is 3. The Labute approximate surface area is 301 Å². The Morgan fingerprint density at radius 3 is 2.27 bits per heavy atom. The second-order valence-electron chi connectivity index (χ2n) is 12.0. The van der Waals surface area contributed by atoms with Gasteiger partial charge < -0.3 is 30.1 Å². The standard InChI is InChI=1S/C38H36F3N3O7S/c39-38(40,41)51-33-20-17-30(21-34(33)52(50)24-26-7-3-1-4-8-26)43-37(49)44(31-18-15-28(16-19-31)27-9-5-2-6-10-27)23-25-11-13-29(14-12-25)35(46)42-22-32(45)36(47)48/h1,3-4,7-9,11-21,32,45H,2,5-6,10,22-24H2,(H,42,46)(H,43,49)(H,47,48)/t32-,52?/m1/s1. The summed E-state index contributed by atoms with van der Waals surface area (Å²) in [5, 5.41) is 23.4. The Bertz CT molecular complexity index is 1890. The molecule has 0 aromatic heterocycles. The van der Waals surface area contributed by atoms with E-state index >= 15 is 0 Å². The van der Waals surface area contributed by atoms with E-state index in [1.807, 2.05) is 12.1 Å². The SMILES string of the molecule is O=C(NC[C@@H](O)C(=O)O)c1ccc(CN(C(=O)Nc2ccc(OC(F)(F)F)c([S+]([O-])Cc3ccccc3)c2)c2ccc(C3=CCCCC3)cc2)cc1. The molecule has 14 heteroatoms. The number of benzene rings is 4. The van der Waals surface area contributed by atoms with Crippen LogP contribution in [0, 0.1) is 0 Å². The van der Waals surface area contributed by atoms with Gasteiger partial charge in [0.25, 0.3) is 5.91 Å². The maximum absolute atomic E-state index is 13.9. The number of aliphatic hydroxyl groups excluding tert-OH is 1. The molecule has 3 amide bonds. The molecule has 10 nitrogen and oxygen atoms in total. The van der Waals surface area contributed by atoms with Gasteiger partial charge in [0.1, 0.15) is 5.75 Å². The number of hydrogen-bond acceptors (Lipinski definition) is 6. The number of urea groups is 1. The smallest absolute Gasteiger partial charge is 0.573 e. The van der Waals surface area contributed by atoms with Crippen LogP contribution in [0.5, 0.6) is 5.75 Å². The zero-order chi connectivity index (χ0) is 37.3. The lowest BCUT2D eigenvalue weighted by Gasteiger charge is -2.25. The van der Waals surface area contributed by atoms with E-state index in [4.69, 9.17) is 5.11 Å². The lowest BCUT2D eigenvalue weighted by atomic mass is 9.93. The summed E-state index contributed by atoms with van der Waals surface area (Å²) in [5.74, 6) is -2.81. The first kappa shape index (κ1) is 37.9. The molecule has 0 spiro atoms. The molecular weight excluding hydrogens is 699 g/mol. The highest BCUT2D eigenvalue weighted by atomic mass is 32.2. The number of nitrogens with zero attached hydrogens (tertiary/aromatic N) is 1. The van der Waals surface area contributed by atoms with Gasteiger partial charge in [-0.2, -0.15) is 0 Å². The summed E-state index contributed by atoms with van der Waals surface area (Å²) in [6, 6.07) is 25.0. The summed E-state index contributed by atoms with van der Waals surface area (Å²) in [7, 11) is 0. The number of ether oxygens (including phenoxy) is 1. The van der Waals surface area contributed by atoms with Crippen LogP contribution in [-0.2, 0) is 28.3 Å². The summed E-state index contributed by atoms with van der Waals surface area (Å²) >= 11 is -1.97. The van der Waals surface area contributed by atoms with E-state index < -0.39 is 53.8 Å². The Hall–Kier alpha value is -5.31. The van der Waals surface area contributed by atoms with E-state index in [-0.39, 0.29) is 28.4 Å². The van der Waals surface area contributed by atoms with Gasteiger partial charge in [0.05, 0.1) is 13.1 Å². The number of hydrogen-bond donors (Lipinski definition) is 4. The number of aliphatic hydroxyl groups is 1. The molecule has 0 saturated heterocycles. The van der Waals surface area contributed by atoms with E-state index in [0.29, 0.717) is 16.8 Å². The molecule has 1 aliphatic carbocycles. The van der Waals surface area contributed by atoms with Crippen molar-refractivity contribution in [2.24, 2.45) is 0 Å². The van der Waals surface area contributed by atoms with Crippen LogP contribution in [0.1, 0.15) is 52.7 Å². The summed E-state index contributed by atoms with van der Waals surface area (Å²) in [4.78, 5) is 38.5. The minimum absolute atomic E-state index is 0.00949. The van der Waals surface area contributed by atoms with Gasteiger partial charge in [-0.05, 0) is 90.0 Å². The summed E-state index contributed by atoms with van der Waals surface area (Å²) in [6.45, 7) is -0.475. The number of aliphatic carboxylic acids is 1. The summed E-state index contributed by atoms with van der Waals surface area (Å²) in [5.41, 5.74) is 4.27. The highest BCUT2D eigenvalue weighted by Gasteiger charge is 2.34. The molecule has 0 aliphatic heterocycles. The number of anilines is 2. The van der Waals surface area contributed by atoms with Gasteiger partial charge in [0, 0.05) is 28.6 Å². The average Bonchev–Trinajstić information content (AvgIpc) is 3.13. The fourth-order valence-electron chi connectivity index (χ4n) is 5.53. The number of alkyl halides is 3. The number of allylic oxidation sites excluding steroid dienone is 2. The quantitative estimate of drug-likeness (QED) is 0.106. The molecule has 0 bridgehead atoms. The van der Waals surface area contributed by atoms with Crippen molar-refractivity contribution >= 4 is 46.0 Å². The Morgan fingerprint density at radius 2 is 1.63 bits per heavy atom. The predicted molar refractivity (Wildman–Crippen MR) is 190 cm³/mol. The zero-order valence-electron chi connectivity index (χ0n) is 27.8. The fourth-order valence-corrected chi connectivity index (χ4v) is 6.77. The van der Waals surface area contributed by atoms with Crippen molar-refractivity contribution in [1.82, 2.24) is 5.32 Å². The Kier molecular flexibility index (Phi) is 12.6. The van der Waals surface area contributed by atoms with E-state index in [1.54, 1.807) is 54.6 Å². The third-order valence-electron chi connectivity index (χ3n) is 8.19. The normalized spacial score (nSPS) is 14.1. The third-order valence-corrected chi connectivity index (χ3v) is 9.60. The van der Waals surface area contributed by atoms with Gasteiger partial charge in [-0.25, -0.2) is 9.59 Å². The maximum Gasteiger partial charge on any atom is 0.573 e. The van der Waals surface area contributed by atoms with Crippen LogP contribution < -0.4 is 20.3 Å². The lowest BCUT2D eigenvalue weighted by molar-refractivity contribution is -0.275. The molecule has 0 heterocycles. The molecule has 2 atom stereocenters. The summed E-state index contributed by atoms with van der Waals surface area (Å²) < 4.78 is 57.4. The van der Waals surface area contributed by atoms with E-state index in [1.165, 1.54) is 34.7 Å². The molecule has 52 heavy (non-hydrogen) atoms. The van der Waals surface area contributed by atoms with E-state index in [9.17, 15) is 37.2 Å². The number of carboxylic acid groups (broad SMARTS) is 1. The molecule has 4 aromatic carbocycles. The highest BCUT2D eigenvalue weighted by molar-refractivity contribution is 7.90. The van der Waals surface area contributed by atoms with Crippen LogP contribution in [0.4, 0.5) is 29.3 Å². The topological polar surface area (TPSA) is 151 Å². The molecule has 4 N–H and O–H groups in total. The maximum atomic E-state index is 13.9. The monoisotopic (exact) mass is 735 g/mol. The first-order valence-electron chi connectivity index (χ1n) is 16.3. The zero-order valence-corrected chi connectivity index (χ0v) is 28.6. The highest BCUT2D eigenvalue weighted by Crippen LogP contribution is 2.34. The minimum Gasteiger partial charge on any atom is -0.611 e. The predicted octanol–water partition coefficient (Wildman–Crippen LogP) is 7.26. The third kappa shape index (κ3) is 10.6. The van der Waals surface area contributed by atoms with Crippen LogP contribution in [-0.4, -0.2) is 51.7 Å². The molecule has 0 radical (unpaired) electrons. The Morgan fingerprint density at radius 1 is 0.923 bits per heavy atom. The number of carbonyl (C=O) groups excluding carboxylic acids is 2. The van der Waals surface area contributed by atoms with Crippen LogP contribution >= 0.6 is 0 Å². The molecular formula is C38H36F3N3O7S. The first-order chi connectivity index (χ1) is 24.9. The van der Waals surface area contributed by atoms with Crippen molar-refractivity contribution in [1.29, 1.82) is 0 Å². The van der Waals surface area contributed by atoms with Gasteiger partial charge in [0.2, 0.25) is 0 Å². The summed E-state index contributed by atoms with van der Waals surface area (Å²) in [6.07, 6.45) is -0.445. The first-order valence-corrected chi connectivity index (χ1v) is 17.7. The molecule has 4 aromatic rings. The lowest BCUT2D eigenvalue weighted by Crippen LogP contribution is -2.36. The number of carbonyl (C=O) groups is 3. The van der Waals surface area contributed by atoms with Crippen LogP contribution in [0.25, 0.3) is 5.57 Å². The van der Waals surface area contributed by atoms with Gasteiger partial charge >= 0.3 is 18.4 Å². The second kappa shape index (κ2) is 17.3. The van der Waals surface area contributed by atoms with E-state index in [0.717, 1.165) is 37.3 Å². The second-order valence-corrected chi connectivity index (χ2v) is 13.4. The molecule has 5 rings (SSSR count). The van der Waals surface area contributed by atoms with Crippen LogP contribution in [0.3, 0.4) is 0 Å². The van der Waals surface area contributed by atoms with Crippen molar-refractivity contribution in [3.8, 4) is 5.75 Å². The van der Waals surface area contributed by atoms with Crippen molar-refractivity contribution < 1.29 is 47.1 Å². The van der Waals surface area contributed by atoms with Crippen LogP contribution in [0.2, 0.25) is 0 Å². The number of rotatable bonds is 13. The number of halogens is 3. The number of nitrogens with one attached hydrogen (secondary N) is 2. The van der Waals surface area contributed by atoms with E-state index in [2.05, 4.69) is 21.4 Å². The average molecular weight is 736 g/mol. The van der Waals surface area contributed by atoms with Gasteiger partial charge in [-0.3, -0.25) is 9.69 Å². The fraction of sp³-hybridized carbons (Fsp3) is 0.237. The number of carboxylic acids is 1. The minimum atomic E-state index is -5.04. The van der Waals surface area contributed by atoms with Gasteiger partial charge in [-0.15, -0.1) is 13.2 Å². The van der Waals surface area contributed by atoms with Crippen molar-refractivity contribution in [3.63, 3.8) is 0 Å². The molecule has 1 aliphatic rings.